The van der Waals surface area contributed by atoms with E-state index in [1.807, 2.05) is 42.5 Å². The van der Waals surface area contributed by atoms with Crippen molar-refractivity contribution in [3.63, 3.8) is 0 Å². The molecule has 0 saturated heterocycles. The zero-order valence-corrected chi connectivity index (χ0v) is 24.9. The zero-order chi connectivity index (χ0) is 30.7. The van der Waals surface area contributed by atoms with Gasteiger partial charge in [0.2, 0.25) is 5.91 Å². The van der Waals surface area contributed by atoms with E-state index in [9.17, 15) is 14.4 Å². The highest BCUT2D eigenvalue weighted by Crippen LogP contribution is 2.37. The highest BCUT2D eigenvalue weighted by molar-refractivity contribution is 8.00. The van der Waals surface area contributed by atoms with Gasteiger partial charge in [0.15, 0.2) is 0 Å². The van der Waals surface area contributed by atoms with Gasteiger partial charge in [0.25, 0.3) is 11.8 Å². The Bertz CT molecular complexity index is 1780. The molecule has 3 N–H and O–H groups in total. The molecule has 5 aromatic rings. The summed E-state index contributed by atoms with van der Waals surface area (Å²) in [5.41, 5.74) is 2.39. The molecule has 0 fully saturated rings. The van der Waals surface area contributed by atoms with Gasteiger partial charge in [-0.3, -0.25) is 14.4 Å². The second-order valence-electron chi connectivity index (χ2n) is 9.53. The fourth-order valence-corrected chi connectivity index (χ4v) is 5.50. The van der Waals surface area contributed by atoms with E-state index in [0.717, 1.165) is 10.5 Å². The summed E-state index contributed by atoms with van der Waals surface area (Å²) >= 11 is 7.50. The number of pyridine rings is 1. The van der Waals surface area contributed by atoms with Crippen LogP contribution in [0.25, 0.3) is 6.08 Å². The van der Waals surface area contributed by atoms with Gasteiger partial charge in [-0.2, -0.15) is 0 Å². The second-order valence-corrected chi connectivity index (χ2v) is 11.1. The van der Waals surface area contributed by atoms with Gasteiger partial charge in [0, 0.05) is 27.4 Å². The number of amides is 3. The molecule has 0 aliphatic rings. The molecule has 9 heteroatoms. The van der Waals surface area contributed by atoms with Gasteiger partial charge >= 0.3 is 0 Å². The van der Waals surface area contributed by atoms with Crippen LogP contribution in [0.4, 0.5) is 11.5 Å². The molecule has 0 spiro atoms. The molecule has 1 aromatic heterocycles. The summed E-state index contributed by atoms with van der Waals surface area (Å²) in [5.74, 6) is -0.729. The Balaban J connectivity index is 1.37. The fourth-order valence-electron chi connectivity index (χ4n) is 4.22. The lowest BCUT2D eigenvalue weighted by Gasteiger charge is -2.17. The molecule has 218 valence electrons. The minimum Gasteiger partial charge on any atom is -0.321 e. The summed E-state index contributed by atoms with van der Waals surface area (Å²) in [6, 6.07) is 37.5. The SMILES string of the molecule is O=C(Nc1cccc(SC(C(=O)Nc2ccccn2)c2ccccc2)c1)/C(=C/c1cccc(Cl)c1)NC(=O)c1ccccc1. The lowest BCUT2D eigenvalue weighted by Crippen LogP contribution is -2.30. The van der Waals surface area contributed by atoms with E-state index in [4.69, 9.17) is 11.6 Å². The molecule has 7 nitrogen and oxygen atoms in total. The van der Waals surface area contributed by atoms with Crippen LogP contribution in [0.5, 0.6) is 0 Å². The Morgan fingerprint density at radius 3 is 2.20 bits per heavy atom. The van der Waals surface area contributed by atoms with Gasteiger partial charge < -0.3 is 16.0 Å². The maximum absolute atomic E-state index is 13.5. The smallest absolute Gasteiger partial charge is 0.272 e. The molecule has 4 aromatic carbocycles. The fraction of sp³-hybridized carbons (Fsp3) is 0.0286. The van der Waals surface area contributed by atoms with Crippen molar-refractivity contribution in [2.75, 3.05) is 10.6 Å². The molecule has 44 heavy (non-hydrogen) atoms. The van der Waals surface area contributed by atoms with Gasteiger partial charge in [-0.05, 0) is 71.8 Å². The van der Waals surface area contributed by atoms with E-state index in [2.05, 4.69) is 20.9 Å². The van der Waals surface area contributed by atoms with E-state index < -0.39 is 17.1 Å². The molecular weight excluding hydrogens is 592 g/mol. The van der Waals surface area contributed by atoms with Crippen LogP contribution >= 0.6 is 23.4 Å². The van der Waals surface area contributed by atoms with Crippen LogP contribution in [0.3, 0.4) is 0 Å². The van der Waals surface area contributed by atoms with E-state index in [1.165, 1.54) is 11.8 Å². The maximum atomic E-state index is 13.5. The highest BCUT2D eigenvalue weighted by Gasteiger charge is 2.23. The number of nitrogens with zero attached hydrogens (tertiary/aromatic N) is 1. The van der Waals surface area contributed by atoms with Crippen molar-refractivity contribution in [2.24, 2.45) is 0 Å². The van der Waals surface area contributed by atoms with Gasteiger partial charge in [0.05, 0.1) is 0 Å². The monoisotopic (exact) mass is 618 g/mol. The number of thioether (sulfide) groups is 1. The van der Waals surface area contributed by atoms with Crippen molar-refractivity contribution < 1.29 is 14.4 Å². The molecule has 0 aliphatic carbocycles. The van der Waals surface area contributed by atoms with Crippen LogP contribution in [0.2, 0.25) is 5.02 Å². The highest BCUT2D eigenvalue weighted by atomic mass is 35.5. The minimum absolute atomic E-state index is 0.0380. The van der Waals surface area contributed by atoms with Crippen LogP contribution in [-0.4, -0.2) is 22.7 Å². The van der Waals surface area contributed by atoms with Crippen molar-refractivity contribution in [1.29, 1.82) is 0 Å². The number of rotatable bonds is 10. The number of anilines is 2. The Morgan fingerprint density at radius 1 is 0.750 bits per heavy atom. The molecule has 1 atom stereocenters. The Morgan fingerprint density at radius 2 is 1.48 bits per heavy atom. The summed E-state index contributed by atoms with van der Waals surface area (Å²) in [5, 5.41) is 8.40. The normalized spacial score (nSPS) is 11.7. The molecule has 1 unspecified atom stereocenters. The van der Waals surface area contributed by atoms with E-state index in [1.54, 1.807) is 97.2 Å². The third-order valence-corrected chi connectivity index (χ3v) is 7.77. The van der Waals surface area contributed by atoms with Crippen molar-refractivity contribution in [1.82, 2.24) is 10.3 Å². The summed E-state index contributed by atoms with van der Waals surface area (Å²) in [6.07, 6.45) is 3.18. The van der Waals surface area contributed by atoms with E-state index >= 15 is 0 Å². The van der Waals surface area contributed by atoms with Crippen LogP contribution in [0, 0.1) is 0 Å². The molecular formula is C35H27ClN4O3S. The molecule has 0 radical (unpaired) electrons. The first-order valence-electron chi connectivity index (χ1n) is 13.6. The maximum Gasteiger partial charge on any atom is 0.272 e. The summed E-state index contributed by atoms with van der Waals surface area (Å²) in [7, 11) is 0. The Hall–Kier alpha value is -5.18. The quantitative estimate of drug-likeness (QED) is 0.110. The van der Waals surface area contributed by atoms with Gasteiger partial charge in [0.1, 0.15) is 16.8 Å². The number of hydrogen-bond donors (Lipinski definition) is 3. The summed E-state index contributed by atoms with van der Waals surface area (Å²) in [4.78, 5) is 44.8. The number of benzene rings is 4. The lowest BCUT2D eigenvalue weighted by atomic mass is 10.1. The predicted octanol–water partition coefficient (Wildman–Crippen LogP) is 7.62. The van der Waals surface area contributed by atoms with Crippen molar-refractivity contribution in [2.45, 2.75) is 10.1 Å². The average molecular weight is 619 g/mol. The molecule has 0 aliphatic heterocycles. The standard InChI is InChI=1S/C35H27ClN4O3S/c36-27-16-9-11-24(21-27)22-30(39-33(41)26-14-5-2-6-15-26)34(42)38-28-17-10-18-29(23-28)44-32(25-12-3-1-4-13-25)35(43)40-31-19-7-8-20-37-31/h1-23,32H,(H,38,42)(H,39,41)(H,37,40,43)/b30-22-. The number of halogens is 1. The zero-order valence-electron chi connectivity index (χ0n) is 23.3. The van der Waals surface area contributed by atoms with Gasteiger partial charge in [-0.25, -0.2) is 4.98 Å². The Kier molecular flexibility index (Phi) is 10.2. The molecule has 1 heterocycles. The Labute approximate surface area is 264 Å². The number of hydrogen-bond acceptors (Lipinski definition) is 5. The van der Waals surface area contributed by atoms with Crippen molar-refractivity contribution >= 4 is 58.7 Å². The van der Waals surface area contributed by atoms with Crippen LogP contribution in [0.1, 0.15) is 26.7 Å². The summed E-state index contributed by atoms with van der Waals surface area (Å²) < 4.78 is 0. The van der Waals surface area contributed by atoms with Gasteiger partial charge in [-0.1, -0.05) is 84.4 Å². The van der Waals surface area contributed by atoms with Gasteiger partial charge in [-0.15, -0.1) is 11.8 Å². The third kappa shape index (κ3) is 8.44. The first kappa shape index (κ1) is 30.3. The number of nitrogens with one attached hydrogen (secondary N) is 3. The first-order valence-corrected chi connectivity index (χ1v) is 14.9. The number of aromatic nitrogens is 1. The lowest BCUT2D eigenvalue weighted by molar-refractivity contribution is -0.116. The van der Waals surface area contributed by atoms with Crippen LogP contribution in [0.15, 0.2) is 144 Å². The molecule has 0 saturated carbocycles. The number of carbonyl (C=O) groups is 3. The molecule has 5 rings (SSSR count). The van der Waals surface area contributed by atoms with E-state index in [0.29, 0.717) is 27.7 Å². The first-order chi connectivity index (χ1) is 21.4. The molecule has 0 bridgehead atoms. The van der Waals surface area contributed by atoms with Crippen LogP contribution < -0.4 is 16.0 Å². The largest absolute Gasteiger partial charge is 0.321 e. The summed E-state index contributed by atoms with van der Waals surface area (Å²) in [6.45, 7) is 0. The van der Waals surface area contributed by atoms with Crippen LogP contribution in [-0.2, 0) is 9.59 Å². The topological polar surface area (TPSA) is 100 Å². The molecule has 3 amide bonds. The van der Waals surface area contributed by atoms with E-state index in [-0.39, 0.29) is 11.6 Å². The average Bonchev–Trinajstić information content (AvgIpc) is 3.05. The predicted molar refractivity (Wildman–Crippen MR) is 176 cm³/mol. The second kappa shape index (κ2) is 14.8. The third-order valence-electron chi connectivity index (χ3n) is 6.29. The number of carbonyl (C=O) groups excluding carboxylic acids is 3. The minimum atomic E-state index is -0.590. The van der Waals surface area contributed by atoms with Crippen molar-refractivity contribution in [3.05, 3.63) is 161 Å². The van der Waals surface area contributed by atoms with Crippen molar-refractivity contribution in [3.8, 4) is 0 Å².